The quantitative estimate of drug-likeness (QED) is 0.726. The van der Waals surface area contributed by atoms with Gasteiger partial charge in [0.05, 0.1) is 24.2 Å². The predicted molar refractivity (Wildman–Crippen MR) is 89.2 cm³/mol. The highest BCUT2D eigenvalue weighted by Gasteiger charge is 2.47. The number of furan rings is 1. The molecule has 2 N–H and O–H groups in total. The summed E-state index contributed by atoms with van der Waals surface area (Å²) in [5.41, 5.74) is 0.290. The van der Waals surface area contributed by atoms with Crippen LogP contribution in [0.4, 0.5) is 24.7 Å². The zero-order valence-electron chi connectivity index (χ0n) is 13.8. The van der Waals surface area contributed by atoms with E-state index in [-0.39, 0.29) is 17.9 Å². The third-order valence-electron chi connectivity index (χ3n) is 4.23. The summed E-state index contributed by atoms with van der Waals surface area (Å²) >= 11 is 0. The third-order valence-corrected chi connectivity index (χ3v) is 4.23. The lowest BCUT2D eigenvalue weighted by molar-refractivity contribution is -0.174. The maximum absolute atomic E-state index is 13.6. The fraction of sp³-hybridized carbons (Fsp3) is 0.235. The molecule has 2 atom stereocenters. The second kappa shape index (κ2) is 6.45. The molecular formula is C17H14F3N5O2. The van der Waals surface area contributed by atoms with E-state index in [0.717, 1.165) is 4.68 Å². The topological polar surface area (TPSA) is 85.0 Å². The lowest BCUT2D eigenvalue weighted by atomic mass is 10.0. The Hall–Kier alpha value is -3.30. The summed E-state index contributed by atoms with van der Waals surface area (Å²) in [7, 11) is 0. The first kappa shape index (κ1) is 17.1. The van der Waals surface area contributed by atoms with Crippen molar-refractivity contribution in [3.63, 3.8) is 0 Å². The number of hydrogen-bond donors (Lipinski definition) is 2. The largest absolute Gasteiger partial charge is 0.467 e. The van der Waals surface area contributed by atoms with E-state index >= 15 is 0 Å². The Labute approximate surface area is 151 Å². The third kappa shape index (κ3) is 3.37. The van der Waals surface area contributed by atoms with E-state index < -0.39 is 24.2 Å². The van der Waals surface area contributed by atoms with Gasteiger partial charge in [0.1, 0.15) is 11.6 Å². The van der Waals surface area contributed by atoms with E-state index in [4.69, 9.17) is 4.42 Å². The van der Waals surface area contributed by atoms with Gasteiger partial charge in [0.2, 0.25) is 0 Å². The van der Waals surface area contributed by atoms with Crippen LogP contribution in [-0.4, -0.2) is 26.8 Å². The second-order valence-electron chi connectivity index (χ2n) is 6.06. The Balaban J connectivity index is 1.64. The number of alkyl halides is 3. The number of nitrogens with one attached hydrogen (secondary N) is 2. The Morgan fingerprint density at radius 1 is 1.33 bits per heavy atom. The molecule has 0 bridgehead atoms. The van der Waals surface area contributed by atoms with Gasteiger partial charge in [0.25, 0.3) is 5.91 Å². The van der Waals surface area contributed by atoms with Crippen LogP contribution in [0, 0.1) is 0 Å². The van der Waals surface area contributed by atoms with Crippen LogP contribution in [0.5, 0.6) is 0 Å². The molecule has 0 saturated heterocycles. The number of nitrogens with zero attached hydrogens (tertiary/aromatic N) is 3. The summed E-state index contributed by atoms with van der Waals surface area (Å²) in [5.74, 6) is -0.137. The van der Waals surface area contributed by atoms with Crippen LogP contribution < -0.4 is 10.6 Å². The van der Waals surface area contributed by atoms with Crippen LogP contribution in [-0.2, 0) is 0 Å². The number of anilines is 2. The molecule has 0 saturated carbocycles. The second-order valence-corrected chi connectivity index (χ2v) is 6.06. The standard InChI is InChI=1S/C17H14F3N5O2/c18-17(19,20)14-7-11(13-4-2-6-27-13)23-15-8-12(24-25(14)15)16(26)22-10-3-1-5-21-9-10/h1-6,8-9,11,14,23H,7H2,(H,22,26)/t11-,14-/m0/s1. The van der Waals surface area contributed by atoms with Gasteiger partial charge in [-0.15, -0.1) is 0 Å². The number of carbonyl (C=O) groups excluding carboxylic acids is 1. The number of hydrogen-bond acceptors (Lipinski definition) is 5. The number of amides is 1. The molecule has 1 aliphatic rings. The Morgan fingerprint density at radius 3 is 2.85 bits per heavy atom. The number of pyridine rings is 1. The van der Waals surface area contributed by atoms with Crippen LogP contribution in [0.1, 0.15) is 34.8 Å². The molecular weight excluding hydrogens is 363 g/mol. The minimum atomic E-state index is -4.52. The van der Waals surface area contributed by atoms with Crippen molar-refractivity contribution in [1.82, 2.24) is 14.8 Å². The van der Waals surface area contributed by atoms with Gasteiger partial charge in [0, 0.05) is 18.7 Å². The zero-order valence-corrected chi connectivity index (χ0v) is 13.8. The molecule has 10 heteroatoms. The van der Waals surface area contributed by atoms with Gasteiger partial charge in [-0.1, -0.05) is 0 Å². The first-order chi connectivity index (χ1) is 12.9. The summed E-state index contributed by atoms with van der Waals surface area (Å²) in [6, 6.07) is 5.20. The summed E-state index contributed by atoms with van der Waals surface area (Å²) < 4.78 is 46.7. The summed E-state index contributed by atoms with van der Waals surface area (Å²) in [5, 5.41) is 9.39. The van der Waals surface area contributed by atoms with Gasteiger partial charge < -0.3 is 15.1 Å². The molecule has 4 heterocycles. The van der Waals surface area contributed by atoms with Crippen molar-refractivity contribution in [2.45, 2.75) is 24.7 Å². The van der Waals surface area contributed by atoms with Gasteiger partial charge in [-0.05, 0) is 24.3 Å². The molecule has 0 unspecified atom stereocenters. The van der Waals surface area contributed by atoms with Crippen molar-refractivity contribution in [3.05, 3.63) is 60.4 Å². The minimum Gasteiger partial charge on any atom is -0.467 e. The normalized spacial score (nSPS) is 19.2. The molecule has 1 amide bonds. The fourth-order valence-corrected chi connectivity index (χ4v) is 2.99. The molecule has 1 aliphatic heterocycles. The van der Waals surface area contributed by atoms with Crippen LogP contribution in [0.15, 0.2) is 53.4 Å². The van der Waals surface area contributed by atoms with Gasteiger partial charge in [-0.2, -0.15) is 18.3 Å². The van der Waals surface area contributed by atoms with Crippen LogP contribution in [0.3, 0.4) is 0 Å². The lowest BCUT2D eigenvalue weighted by Crippen LogP contribution is -2.35. The van der Waals surface area contributed by atoms with E-state index in [0.29, 0.717) is 11.4 Å². The molecule has 140 valence electrons. The first-order valence-electron chi connectivity index (χ1n) is 8.09. The first-order valence-corrected chi connectivity index (χ1v) is 8.09. The van der Waals surface area contributed by atoms with Crippen molar-refractivity contribution in [2.75, 3.05) is 10.6 Å². The zero-order chi connectivity index (χ0) is 19.0. The number of aromatic nitrogens is 3. The summed E-state index contributed by atoms with van der Waals surface area (Å²) in [6.07, 6.45) is -0.451. The maximum atomic E-state index is 13.6. The number of fused-ring (bicyclic) bond motifs is 1. The number of halogens is 3. The van der Waals surface area contributed by atoms with E-state index in [1.54, 1.807) is 24.3 Å². The number of rotatable bonds is 3. The van der Waals surface area contributed by atoms with E-state index in [1.807, 2.05) is 0 Å². The average Bonchev–Trinajstić information content (AvgIpc) is 3.30. The highest BCUT2D eigenvalue weighted by atomic mass is 19.4. The summed E-state index contributed by atoms with van der Waals surface area (Å²) in [6.45, 7) is 0. The van der Waals surface area contributed by atoms with E-state index in [1.165, 1.54) is 24.7 Å². The molecule has 0 aliphatic carbocycles. The molecule has 3 aromatic heterocycles. The smallest absolute Gasteiger partial charge is 0.410 e. The molecule has 3 aromatic rings. The number of carbonyl (C=O) groups is 1. The molecule has 0 fully saturated rings. The maximum Gasteiger partial charge on any atom is 0.410 e. The van der Waals surface area contributed by atoms with Crippen LogP contribution in [0.2, 0.25) is 0 Å². The highest BCUT2D eigenvalue weighted by Crippen LogP contribution is 2.43. The van der Waals surface area contributed by atoms with Crippen molar-refractivity contribution in [1.29, 1.82) is 0 Å². The highest BCUT2D eigenvalue weighted by molar-refractivity contribution is 6.03. The van der Waals surface area contributed by atoms with Crippen molar-refractivity contribution >= 4 is 17.4 Å². The van der Waals surface area contributed by atoms with Crippen molar-refractivity contribution < 1.29 is 22.4 Å². The molecule has 0 radical (unpaired) electrons. The Bertz CT molecular complexity index is 937. The minimum absolute atomic E-state index is 0.0984. The van der Waals surface area contributed by atoms with Gasteiger partial charge in [-0.3, -0.25) is 9.78 Å². The predicted octanol–water partition coefficient (Wildman–Crippen LogP) is 3.78. The van der Waals surface area contributed by atoms with Gasteiger partial charge in [-0.25, -0.2) is 4.68 Å². The SMILES string of the molecule is O=C(Nc1cccnc1)c1cc2n(n1)[C@H](C(F)(F)F)C[C@@H](c1ccco1)N2. The molecule has 27 heavy (non-hydrogen) atoms. The van der Waals surface area contributed by atoms with Crippen LogP contribution in [0.25, 0.3) is 0 Å². The van der Waals surface area contributed by atoms with Crippen LogP contribution >= 0.6 is 0 Å². The van der Waals surface area contributed by atoms with Gasteiger partial charge >= 0.3 is 6.18 Å². The molecule has 0 aromatic carbocycles. The van der Waals surface area contributed by atoms with Gasteiger partial charge in [0.15, 0.2) is 11.7 Å². The van der Waals surface area contributed by atoms with Crippen molar-refractivity contribution in [3.8, 4) is 0 Å². The van der Waals surface area contributed by atoms with E-state index in [2.05, 4.69) is 20.7 Å². The summed E-state index contributed by atoms with van der Waals surface area (Å²) in [4.78, 5) is 16.2. The Kier molecular flexibility index (Phi) is 4.09. The van der Waals surface area contributed by atoms with Crippen molar-refractivity contribution in [2.24, 2.45) is 0 Å². The monoisotopic (exact) mass is 377 g/mol. The average molecular weight is 377 g/mol. The lowest BCUT2D eigenvalue weighted by Gasteiger charge is -2.32. The molecule has 0 spiro atoms. The molecule has 7 nitrogen and oxygen atoms in total. The van der Waals surface area contributed by atoms with E-state index in [9.17, 15) is 18.0 Å². The molecule has 4 rings (SSSR count). The fourth-order valence-electron chi connectivity index (χ4n) is 2.99. The Morgan fingerprint density at radius 2 is 2.19 bits per heavy atom.